The molecule has 1 aliphatic carbocycles. The number of amides is 2. The fourth-order valence-electron chi connectivity index (χ4n) is 5.29. The van der Waals surface area contributed by atoms with Crippen molar-refractivity contribution in [2.45, 2.75) is 70.3 Å². The highest BCUT2D eigenvalue weighted by molar-refractivity contribution is 8.00. The first-order valence-corrected chi connectivity index (χ1v) is 17.2. The Morgan fingerprint density at radius 1 is 1.18 bits per heavy atom. The predicted octanol–water partition coefficient (Wildman–Crippen LogP) is 3.10. The van der Waals surface area contributed by atoms with Crippen molar-refractivity contribution in [1.82, 2.24) is 24.8 Å². The zero-order valence-electron chi connectivity index (χ0n) is 24.6. The number of thioether (sulfide) groups is 1. The summed E-state index contributed by atoms with van der Waals surface area (Å²) in [6.07, 6.45) is 8.39. The topological polar surface area (TPSA) is 188 Å². The molecule has 3 aliphatic rings. The van der Waals surface area contributed by atoms with E-state index in [1.54, 1.807) is 22.9 Å². The van der Waals surface area contributed by atoms with Gasteiger partial charge < -0.3 is 25.4 Å². The van der Waals surface area contributed by atoms with Gasteiger partial charge >= 0.3 is 11.9 Å². The van der Waals surface area contributed by atoms with E-state index in [1.807, 2.05) is 6.92 Å². The van der Waals surface area contributed by atoms with Crippen LogP contribution in [0.5, 0.6) is 0 Å². The largest absolute Gasteiger partial charge is 0.425 e. The van der Waals surface area contributed by atoms with Crippen molar-refractivity contribution < 1.29 is 33.5 Å². The van der Waals surface area contributed by atoms with E-state index in [0.29, 0.717) is 27.8 Å². The second-order valence-corrected chi connectivity index (χ2v) is 13.3. The molecule has 4 unspecified atom stereocenters. The normalized spacial score (nSPS) is 21.7. The molecule has 2 fully saturated rings. The maximum atomic E-state index is 13.5. The van der Waals surface area contributed by atoms with E-state index in [1.165, 1.54) is 52.9 Å². The Kier molecular flexibility index (Phi) is 10.8. The zero-order chi connectivity index (χ0) is 31.9. The number of carbonyl (C=O) groups is 4. The number of ether oxygens (including phenoxy) is 2. The van der Waals surface area contributed by atoms with Gasteiger partial charge in [0.2, 0.25) is 6.29 Å². The van der Waals surface area contributed by atoms with Gasteiger partial charge in [-0.2, -0.15) is 0 Å². The molecule has 45 heavy (non-hydrogen) atoms. The van der Waals surface area contributed by atoms with Crippen molar-refractivity contribution in [3.63, 3.8) is 0 Å². The minimum atomic E-state index is -1.17. The van der Waals surface area contributed by atoms with Crippen molar-refractivity contribution in [3.05, 3.63) is 39.5 Å². The fourth-order valence-corrected chi connectivity index (χ4v) is 7.57. The first-order chi connectivity index (χ1) is 21.7. The molecule has 3 N–H and O–H groups in total. The molecule has 5 rings (SSSR count). The first-order valence-electron chi connectivity index (χ1n) is 14.4. The molecule has 2 aliphatic heterocycles. The highest BCUT2D eigenvalue weighted by Gasteiger charge is 2.54. The number of anilines is 1. The summed E-state index contributed by atoms with van der Waals surface area (Å²) in [4.78, 5) is 62.5. The Balaban J connectivity index is 1.23. The Morgan fingerprint density at radius 3 is 2.69 bits per heavy atom. The van der Waals surface area contributed by atoms with E-state index in [4.69, 9.17) is 20.0 Å². The lowest BCUT2D eigenvalue weighted by Gasteiger charge is -2.49. The van der Waals surface area contributed by atoms with Crippen molar-refractivity contribution >= 4 is 75.8 Å². The predicted molar refractivity (Wildman–Crippen MR) is 168 cm³/mol. The van der Waals surface area contributed by atoms with Gasteiger partial charge in [-0.1, -0.05) is 41.9 Å². The van der Waals surface area contributed by atoms with E-state index in [2.05, 4.69) is 25.0 Å². The highest BCUT2D eigenvalue weighted by atomic mass is 32.2. The molecule has 14 nitrogen and oxygen atoms in total. The Labute approximate surface area is 271 Å². The van der Waals surface area contributed by atoms with Crippen LogP contribution in [0.1, 0.15) is 57.3 Å². The molecule has 4 heterocycles. The molecule has 1 saturated carbocycles. The second-order valence-electron chi connectivity index (χ2n) is 10.7. The van der Waals surface area contributed by atoms with Crippen LogP contribution >= 0.6 is 34.6 Å². The van der Waals surface area contributed by atoms with Crippen molar-refractivity contribution in [2.24, 2.45) is 17.0 Å². The van der Waals surface area contributed by atoms with E-state index < -0.39 is 41.5 Å². The van der Waals surface area contributed by atoms with E-state index in [0.717, 1.165) is 31.9 Å². The summed E-state index contributed by atoms with van der Waals surface area (Å²) in [5.41, 5.74) is 7.27. The number of hydrogen-bond acceptors (Lipinski definition) is 15. The number of nitrogens with zero attached hydrogens (tertiary/aromatic N) is 5. The van der Waals surface area contributed by atoms with Gasteiger partial charge in [0.15, 0.2) is 11.7 Å². The van der Waals surface area contributed by atoms with Gasteiger partial charge in [0.25, 0.3) is 11.8 Å². The van der Waals surface area contributed by atoms with Gasteiger partial charge in [-0.05, 0) is 41.9 Å². The molecule has 0 aromatic carbocycles. The summed E-state index contributed by atoms with van der Waals surface area (Å²) < 4.78 is 14.9. The standard InChI is InChI=1S/C28H33N7O7S3/c1-15(17-6-4-3-5-7-17)26(38)41-16(2)42-27(39)23-18(8-9-19-14-45-34-33-19)12-43-25-22(24(37)35(23)25)32-21(36)10-30-40-11-20-13-44-28(29)31-20/h8-10,13-17,22,25H,3-7,11-12H2,1-2H3,(H2,29,31)(H,32,36)/b9-8-,30-10-. The number of nitrogens with one attached hydrogen (secondary N) is 1. The van der Waals surface area contributed by atoms with Crippen LogP contribution in [0.25, 0.3) is 6.08 Å². The maximum Gasteiger partial charge on any atom is 0.358 e. The van der Waals surface area contributed by atoms with Crippen molar-refractivity contribution in [1.29, 1.82) is 0 Å². The van der Waals surface area contributed by atoms with Crippen LogP contribution < -0.4 is 11.1 Å². The molecular weight excluding hydrogens is 643 g/mol. The molecule has 0 spiro atoms. The maximum absolute atomic E-state index is 13.5. The number of allylic oxidation sites excluding steroid dienone is 1. The molecule has 0 radical (unpaired) electrons. The fraction of sp³-hybridized carbons (Fsp3) is 0.500. The van der Waals surface area contributed by atoms with E-state index in [-0.39, 0.29) is 24.1 Å². The minimum Gasteiger partial charge on any atom is -0.425 e. The molecule has 2 aromatic rings. The molecule has 17 heteroatoms. The third kappa shape index (κ3) is 8.07. The van der Waals surface area contributed by atoms with Gasteiger partial charge in [-0.3, -0.25) is 19.3 Å². The van der Waals surface area contributed by atoms with Gasteiger partial charge in [-0.15, -0.1) is 28.2 Å². The van der Waals surface area contributed by atoms with Gasteiger partial charge in [0, 0.05) is 23.4 Å². The average molecular weight is 676 g/mol. The number of rotatable bonds is 12. The highest BCUT2D eigenvalue weighted by Crippen LogP contribution is 2.41. The van der Waals surface area contributed by atoms with Crippen molar-refractivity contribution in [3.8, 4) is 0 Å². The van der Waals surface area contributed by atoms with Crippen molar-refractivity contribution in [2.75, 3.05) is 11.5 Å². The summed E-state index contributed by atoms with van der Waals surface area (Å²) in [7, 11) is 0. The number of β-lactam (4-membered cyclic amide) rings is 1. The molecule has 1 saturated heterocycles. The number of nitrogens with two attached hydrogens (primary N) is 1. The summed E-state index contributed by atoms with van der Waals surface area (Å²) in [6.45, 7) is 3.35. The van der Waals surface area contributed by atoms with E-state index >= 15 is 0 Å². The average Bonchev–Trinajstić information content (AvgIpc) is 3.72. The summed E-state index contributed by atoms with van der Waals surface area (Å²) in [6, 6.07) is -0.907. The zero-order valence-corrected chi connectivity index (χ0v) is 27.1. The number of carbonyl (C=O) groups excluding carboxylic acids is 4. The lowest BCUT2D eigenvalue weighted by molar-refractivity contribution is -0.188. The summed E-state index contributed by atoms with van der Waals surface area (Å²) in [5.74, 6) is -2.13. The number of aromatic nitrogens is 3. The molecular formula is C28H33N7O7S3. The Morgan fingerprint density at radius 2 is 1.98 bits per heavy atom. The lowest BCUT2D eigenvalue weighted by atomic mass is 9.81. The smallest absolute Gasteiger partial charge is 0.358 e. The van der Waals surface area contributed by atoms with Gasteiger partial charge in [0.1, 0.15) is 23.3 Å². The number of nitrogen functional groups attached to an aromatic ring is 1. The number of fused-ring (bicyclic) bond motifs is 1. The van der Waals surface area contributed by atoms with Gasteiger partial charge in [-0.25, -0.2) is 9.78 Å². The SMILES string of the molecule is CC(OC(=O)C1=C(/C=C\c2csnn2)CSC2C(NC(=O)/C=N\OCc3csc(N)n3)C(=O)N12)OC(=O)C(C)C1CCCCC1. The van der Waals surface area contributed by atoms with E-state index in [9.17, 15) is 19.2 Å². The lowest BCUT2D eigenvalue weighted by Crippen LogP contribution is -2.70. The molecule has 0 bridgehead atoms. The van der Waals surface area contributed by atoms with Crippen LogP contribution in [0.2, 0.25) is 0 Å². The number of hydrogen-bond donors (Lipinski definition) is 2. The first kappa shape index (κ1) is 32.6. The number of thiazole rings is 1. The third-order valence-corrected chi connectivity index (χ3v) is 10.2. The van der Waals surface area contributed by atoms with Crippen LogP contribution in [-0.4, -0.2) is 72.9 Å². The second kappa shape index (κ2) is 15.0. The number of oxime groups is 1. The van der Waals surface area contributed by atoms with Crippen LogP contribution in [0.4, 0.5) is 5.13 Å². The monoisotopic (exact) mass is 675 g/mol. The molecule has 240 valence electrons. The summed E-state index contributed by atoms with van der Waals surface area (Å²) >= 11 is 3.81. The Bertz CT molecular complexity index is 1490. The summed E-state index contributed by atoms with van der Waals surface area (Å²) in [5, 5.41) is 13.5. The molecule has 2 aromatic heterocycles. The van der Waals surface area contributed by atoms with Crippen LogP contribution in [-0.2, 0) is 40.1 Å². The molecule has 4 atom stereocenters. The van der Waals surface area contributed by atoms with Crippen LogP contribution in [0, 0.1) is 11.8 Å². The quantitative estimate of drug-likeness (QED) is 0.110. The minimum absolute atomic E-state index is 0.0106. The number of esters is 2. The van der Waals surface area contributed by atoms with Crippen LogP contribution in [0.15, 0.2) is 33.3 Å². The third-order valence-electron chi connectivity index (χ3n) is 7.63. The molecule has 2 amide bonds. The van der Waals surface area contributed by atoms with Crippen LogP contribution in [0.3, 0.4) is 0 Å². The van der Waals surface area contributed by atoms with Gasteiger partial charge in [0.05, 0.1) is 17.3 Å². The Hall–Kier alpha value is -3.83.